The van der Waals surface area contributed by atoms with E-state index in [1.54, 1.807) is 0 Å². The highest BCUT2D eigenvalue weighted by Gasteiger charge is 2.29. The summed E-state index contributed by atoms with van der Waals surface area (Å²) >= 11 is 4.12. The van der Waals surface area contributed by atoms with Gasteiger partial charge in [-0.2, -0.15) is 12.6 Å². The number of nitrogens with one attached hydrogen (secondary N) is 4. The van der Waals surface area contributed by atoms with Crippen LogP contribution in [0.2, 0.25) is 0 Å². The normalized spacial score (nSPS) is 14.0. The summed E-state index contributed by atoms with van der Waals surface area (Å²) in [5.41, 5.74) is 22.6. The Balaban J connectivity index is 2.86. The SMILES string of the molecule is NCCCCC(N)C(=O)NC(CCCN=C(N)N)C(=O)NC(CS)C(=O)NC(Cc1cnc[nH]1)C(=O)O. The van der Waals surface area contributed by atoms with Gasteiger partial charge in [-0.25, -0.2) is 9.78 Å². The Bertz CT molecular complexity index is 894. The maximum Gasteiger partial charge on any atom is 0.326 e. The molecule has 0 saturated heterocycles. The number of hydrogen-bond acceptors (Lipinski definition) is 9. The molecule has 0 saturated carbocycles. The van der Waals surface area contributed by atoms with Crippen molar-refractivity contribution in [1.29, 1.82) is 0 Å². The summed E-state index contributed by atoms with van der Waals surface area (Å²) in [4.78, 5) is 60.4. The smallest absolute Gasteiger partial charge is 0.326 e. The third kappa shape index (κ3) is 12.4. The lowest BCUT2D eigenvalue weighted by Gasteiger charge is -2.24. The molecule has 3 amide bonds. The molecule has 4 unspecified atom stereocenters. The largest absolute Gasteiger partial charge is 0.480 e. The van der Waals surface area contributed by atoms with E-state index in [4.69, 9.17) is 22.9 Å². The molecule has 1 heterocycles. The number of carbonyl (C=O) groups excluding carboxylic acids is 3. The Morgan fingerprint density at radius 1 is 1.00 bits per heavy atom. The molecule has 0 spiro atoms. The highest BCUT2D eigenvalue weighted by Crippen LogP contribution is 2.05. The molecule has 0 aliphatic carbocycles. The average molecular weight is 543 g/mol. The molecule has 1 aromatic rings. The number of H-pyrrole nitrogens is 1. The first-order chi connectivity index (χ1) is 17.6. The maximum atomic E-state index is 13.0. The number of imidazole rings is 1. The minimum absolute atomic E-state index is 0.0418. The van der Waals surface area contributed by atoms with Gasteiger partial charge in [0.2, 0.25) is 17.7 Å². The predicted molar refractivity (Wildman–Crippen MR) is 140 cm³/mol. The number of carboxylic acid groups (broad SMARTS) is 1. The molecule has 16 heteroatoms. The van der Waals surface area contributed by atoms with E-state index in [1.165, 1.54) is 12.5 Å². The van der Waals surface area contributed by atoms with Crippen LogP contribution < -0.4 is 38.9 Å². The zero-order valence-electron chi connectivity index (χ0n) is 20.6. The first kappa shape index (κ1) is 31.7. The van der Waals surface area contributed by atoms with Crippen molar-refractivity contribution in [3.63, 3.8) is 0 Å². The quantitative estimate of drug-likeness (QED) is 0.0387. The number of aromatic amines is 1. The third-order valence-electron chi connectivity index (χ3n) is 5.29. The van der Waals surface area contributed by atoms with Crippen LogP contribution in [0.4, 0.5) is 0 Å². The highest BCUT2D eigenvalue weighted by molar-refractivity contribution is 7.80. The van der Waals surface area contributed by atoms with Crippen LogP contribution in [0.3, 0.4) is 0 Å². The number of nitrogens with two attached hydrogens (primary N) is 4. The van der Waals surface area contributed by atoms with Crippen molar-refractivity contribution in [2.24, 2.45) is 27.9 Å². The van der Waals surface area contributed by atoms with Crippen LogP contribution in [-0.2, 0) is 25.6 Å². The van der Waals surface area contributed by atoms with Crippen LogP contribution in [0.1, 0.15) is 37.8 Å². The Morgan fingerprint density at radius 3 is 2.22 bits per heavy atom. The van der Waals surface area contributed by atoms with Gasteiger partial charge >= 0.3 is 5.97 Å². The van der Waals surface area contributed by atoms with Gasteiger partial charge in [-0.15, -0.1) is 0 Å². The average Bonchev–Trinajstić information content (AvgIpc) is 3.36. The topological polar surface area (TPSA) is 270 Å². The van der Waals surface area contributed by atoms with E-state index in [0.29, 0.717) is 37.9 Å². The Labute approximate surface area is 220 Å². The summed E-state index contributed by atoms with van der Waals surface area (Å²) in [6, 6.07) is -4.33. The summed E-state index contributed by atoms with van der Waals surface area (Å²) in [6.45, 7) is 0.691. The summed E-state index contributed by atoms with van der Waals surface area (Å²) in [6.07, 6.45) is 5.04. The van der Waals surface area contributed by atoms with Crippen LogP contribution in [0.5, 0.6) is 0 Å². The van der Waals surface area contributed by atoms with Crippen LogP contribution in [-0.4, -0.2) is 87.7 Å². The number of unbranched alkanes of at least 4 members (excludes halogenated alkanes) is 1. The summed E-state index contributed by atoms with van der Waals surface area (Å²) in [5.74, 6) is -3.44. The first-order valence-electron chi connectivity index (χ1n) is 11.8. The molecular formula is C21H38N10O5S. The maximum absolute atomic E-state index is 13.0. The number of aliphatic carboxylic acids is 1. The van der Waals surface area contributed by atoms with Crippen molar-refractivity contribution >= 4 is 42.3 Å². The zero-order valence-corrected chi connectivity index (χ0v) is 21.5. The van der Waals surface area contributed by atoms with Crippen molar-refractivity contribution in [3.05, 3.63) is 18.2 Å². The molecular weight excluding hydrogens is 504 g/mol. The summed E-state index contributed by atoms with van der Waals surface area (Å²) in [7, 11) is 0. The summed E-state index contributed by atoms with van der Waals surface area (Å²) in [5, 5.41) is 17.0. The molecule has 0 radical (unpaired) electrons. The van der Waals surface area contributed by atoms with E-state index in [1.807, 2.05) is 0 Å². The number of hydrogen-bond donors (Lipinski definition) is 10. The van der Waals surface area contributed by atoms with E-state index in [0.717, 1.165) is 0 Å². The molecule has 0 aliphatic rings. The molecule has 4 atom stereocenters. The molecule has 0 aliphatic heterocycles. The van der Waals surface area contributed by atoms with Crippen molar-refractivity contribution < 1.29 is 24.3 Å². The number of thiol groups is 1. The fourth-order valence-corrected chi connectivity index (χ4v) is 3.50. The molecule has 15 nitrogen and oxygen atoms in total. The fourth-order valence-electron chi connectivity index (χ4n) is 3.25. The van der Waals surface area contributed by atoms with Gasteiger partial charge in [0.05, 0.1) is 12.4 Å². The van der Waals surface area contributed by atoms with Gasteiger partial charge in [-0.1, -0.05) is 6.42 Å². The van der Waals surface area contributed by atoms with Crippen molar-refractivity contribution in [1.82, 2.24) is 25.9 Å². The Hall–Kier alpha value is -3.37. The number of aromatic nitrogens is 2. The van der Waals surface area contributed by atoms with Gasteiger partial charge < -0.3 is 49.0 Å². The van der Waals surface area contributed by atoms with Crippen molar-refractivity contribution in [2.75, 3.05) is 18.8 Å². The lowest BCUT2D eigenvalue weighted by molar-refractivity contribution is -0.142. The number of nitrogens with zero attached hydrogens (tertiary/aromatic N) is 2. The van der Waals surface area contributed by atoms with Gasteiger partial charge in [0.25, 0.3) is 0 Å². The number of rotatable bonds is 18. The van der Waals surface area contributed by atoms with Crippen LogP contribution in [0, 0.1) is 0 Å². The van der Waals surface area contributed by atoms with Crippen molar-refractivity contribution in [3.8, 4) is 0 Å². The van der Waals surface area contributed by atoms with E-state index >= 15 is 0 Å². The second-order valence-corrected chi connectivity index (χ2v) is 8.69. The van der Waals surface area contributed by atoms with Gasteiger partial charge in [0.15, 0.2) is 5.96 Å². The number of carboxylic acids is 1. The minimum Gasteiger partial charge on any atom is -0.480 e. The zero-order chi connectivity index (χ0) is 27.8. The first-order valence-corrected chi connectivity index (χ1v) is 12.4. The molecule has 208 valence electrons. The molecule has 0 fully saturated rings. The number of carbonyl (C=O) groups is 4. The molecule has 37 heavy (non-hydrogen) atoms. The van der Waals surface area contributed by atoms with E-state index in [2.05, 4.69) is 43.5 Å². The second kappa shape index (κ2) is 17.1. The van der Waals surface area contributed by atoms with E-state index in [9.17, 15) is 24.3 Å². The predicted octanol–water partition coefficient (Wildman–Crippen LogP) is -3.07. The van der Waals surface area contributed by atoms with Gasteiger partial charge in [-0.05, 0) is 32.2 Å². The van der Waals surface area contributed by atoms with E-state index < -0.39 is 47.9 Å². The van der Waals surface area contributed by atoms with Gasteiger partial charge in [0.1, 0.15) is 18.1 Å². The summed E-state index contributed by atoms with van der Waals surface area (Å²) < 4.78 is 0. The van der Waals surface area contributed by atoms with Crippen molar-refractivity contribution in [2.45, 2.75) is 62.7 Å². The molecule has 1 rings (SSSR count). The monoisotopic (exact) mass is 542 g/mol. The lowest BCUT2D eigenvalue weighted by atomic mass is 10.1. The third-order valence-corrected chi connectivity index (χ3v) is 5.66. The molecule has 1 aromatic heterocycles. The molecule has 0 aromatic carbocycles. The lowest BCUT2D eigenvalue weighted by Crippen LogP contribution is -2.57. The van der Waals surface area contributed by atoms with Gasteiger partial charge in [-0.3, -0.25) is 19.4 Å². The molecule has 13 N–H and O–H groups in total. The number of aliphatic imine (C=N–C) groups is 1. The number of guanidine groups is 1. The van der Waals surface area contributed by atoms with Crippen LogP contribution in [0.15, 0.2) is 17.5 Å². The standard InChI is InChI=1S/C21H38N10O5S/c22-6-2-1-4-13(23)17(32)29-14(5-3-7-27-21(24)25)18(33)31-16(10-37)19(34)30-15(20(35)36)8-12-9-26-11-28-12/h9,11,13-16,37H,1-8,10,22-23H2,(H,26,28)(H,29,32)(H,30,34)(H,31,33)(H,35,36)(H4,24,25,27). The minimum atomic E-state index is -1.27. The van der Waals surface area contributed by atoms with Gasteiger partial charge in [0, 0.05) is 30.6 Å². The molecule has 0 bridgehead atoms. The second-order valence-electron chi connectivity index (χ2n) is 8.33. The highest BCUT2D eigenvalue weighted by atomic mass is 32.1. The Kier molecular flexibility index (Phi) is 14.7. The number of amides is 3. The van der Waals surface area contributed by atoms with Crippen LogP contribution >= 0.6 is 12.6 Å². The van der Waals surface area contributed by atoms with Crippen LogP contribution in [0.25, 0.3) is 0 Å². The van der Waals surface area contributed by atoms with E-state index in [-0.39, 0.29) is 31.1 Å². The fraction of sp³-hybridized carbons (Fsp3) is 0.619. The Morgan fingerprint density at radius 2 is 1.65 bits per heavy atom.